The van der Waals surface area contributed by atoms with Gasteiger partial charge in [0.1, 0.15) is 11.6 Å². The normalized spacial score (nSPS) is 41.7. The number of aryl methyl sites for hydroxylation is 1. The highest BCUT2D eigenvalue weighted by atomic mass is 15.3. The molecule has 0 aromatic carbocycles. The van der Waals surface area contributed by atoms with Crippen LogP contribution in [0.4, 0.5) is 0 Å². The third-order valence-corrected chi connectivity index (χ3v) is 6.14. The molecule has 5 rings (SSSR count). The molecule has 0 amide bonds. The van der Waals surface area contributed by atoms with E-state index in [4.69, 9.17) is 5.73 Å². The summed E-state index contributed by atoms with van der Waals surface area (Å²) in [5.41, 5.74) is 6.61. The van der Waals surface area contributed by atoms with Crippen LogP contribution in [0.2, 0.25) is 0 Å². The predicted molar refractivity (Wildman–Crippen MR) is 73.2 cm³/mol. The van der Waals surface area contributed by atoms with Gasteiger partial charge in [-0.15, -0.1) is 10.2 Å². The lowest BCUT2D eigenvalue weighted by Crippen LogP contribution is -2.49. The molecule has 0 saturated heterocycles. The average Bonchev–Trinajstić information content (AvgIpc) is 2.68. The highest BCUT2D eigenvalue weighted by molar-refractivity contribution is 5.07. The van der Waals surface area contributed by atoms with E-state index in [2.05, 4.69) is 14.8 Å². The Morgan fingerprint density at radius 2 is 1.63 bits per heavy atom. The Morgan fingerprint density at radius 1 is 1.05 bits per heavy atom. The quantitative estimate of drug-likeness (QED) is 0.887. The van der Waals surface area contributed by atoms with E-state index in [1.54, 1.807) is 0 Å². The molecule has 1 aromatic heterocycles. The van der Waals surface area contributed by atoms with Crippen LogP contribution in [0.3, 0.4) is 0 Å². The molecule has 1 atom stereocenters. The molecule has 4 bridgehead atoms. The smallest absolute Gasteiger partial charge is 0.150 e. The van der Waals surface area contributed by atoms with Crippen molar-refractivity contribution in [2.45, 2.75) is 45.1 Å². The van der Waals surface area contributed by atoms with Crippen molar-refractivity contribution < 1.29 is 0 Å². The Balaban J connectivity index is 1.64. The average molecular weight is 260 g/mol. The zero-order valence-electron chi connectivity index (χ0n) is 11.9. The van der Waals surface area contributed by atoms with Crippen LogP contribution in [0.1, 0.15) is 49.8 Å². The molecular weight excluding hydrogens is 236 g/mol. The van der Waals surface area contributed by atoms with E-state index >= 15 is 0 Å². The minimum absolute atomic E-state index is 0.0844. The molecule has 2 N–H and O–H groups in total. The molecule has 1 unspecified atom stereocenters. The summed E-state index contributed by atoms with van der Waals surface area (Å²) in [7, 11) is 2.04. The van der Waals surface area contributed by atoms with Crippen LogP contribution in [-0.4, -0.2) is 14.8 Å². The minimum Gasteiger partial charge on any atom is -0.321 e. The fraction of sp³-hybridized carbons (Fsp3) is 0.867. The summed E-state index contributed by atoms with van der Waals surface area (Å²) in [5.74, 6) is 6.32. The molecule has 4 nitrogen and oxygen atoms in total. The summed E-state index contributed by atoms with van der Waals surface area (Å²) in [4.78, 5) is 0. The summed E-state index contributed by atoms with van der Waals surface area (Å²) in [6.07, 6.45) is 7.17. The molecule has 0 spiro atoms. The molecule has 4 saturated carbocycles. The van der Waals surface area contributed by atoms with Crippen LogP contribution in [0.5, 0.6) is 0 Å². The molecule has 19 heavy (non-hydrogen) atoms. The molecule has 104 valence electrons. The van der Waals surface area contributed by atoms with Crippen LogP contribution < -0.4 is 5.73 Å². The van der Waals surface area contributed by atoms with Gasteiger partial charge in [0.2, 0.25) is 0 Å². The molecule has 4 aliphatic rings. The molecule has 1 aromatic rings. The Hall–Kier alpha value is -0.900. The van der Waals surface area contributed by atoms with E-state index in [1.807, 2.05) is 14.0 Å². The lowest BCUT2D eigenvalue weighted by atomic mass is 9.50. The number of nitrogens with two attached hydrogens (primary N) is 1. The van der Waals surface area contributed by atoms with E-state index in [-0.39, 0.29) is 6.04 Å². The number of hydrogen-bond donors (Lipinski definition) is 1. The van der Waals surface area contributed by atoms with Gasteiger partial charge in [-0.05, 0) is 68.6 Å². The molecule has 4 heteroatoms. The van der Waals surface area contributed by atoms with Crippen molar-refractivity contribution in [2.24, 2.45) is 42.4 Å². The molecule has 0 aliphatic heterocycles. The predicted octanol–water partition coefficient (Wildman–Crippen LogP) is 2.20. The maximum atomic E-state index is 6.61. The van der Waals surface area contributed by atoms with Gasteiger partial charge in [-0.1, -0.05) is 0 Å². The molecule has 4 aliphatic carbocycles. The van der Waals surface area contributed by atoms with Crippen molar-refractivity contribution in [1.82, 2.24) is 14.8 Å². The standard InChI is InChI=1S/C15H24N4/c1-8-17-18-15(19(8)2)14(16)13-11-4-9-3-10(6-11)7-12(13)5-9/h9-14H,3-7,16H2,1-2H3. The summed E-state index contributed by atoms with van der Waals surface area (Å²) >= 11 is 0. The zero-order chi connectivity index (χ0) is 13.1. The topological polar surface area (TPSA) is 56.7 Å². The number of aromatic nitrogens is 3. The van der Waals surface area contributed by atoms with Gasteiger partial charge in [0.15, 0.2) is 0 Å². The molecule has 0 radical (unpaired) electrons. The van der Waals surface area contributed by atoms with Crippen LogP contribution in [0.25, 0.3) is 0 Å². The zero-order valence-corrected chi connectivity index (χ0v) is 11.9. The maximum Gasteiger partial charge on any atom is 0.150 e. The Labute approximate surface area is 114 Å². The van der Waals surface area contributed by atoms with Crippen molar-refractivity contribution in [3.8, 4) is 0 Å². The first-order valence-electron chi connectivity index (χ1n) is 7.75. The summed E-state index contributed by atoms with van der Waals surface area (Å²) in [5, 5.41) is 8.52. The first-order chi connectivity index (χ1) is 9.13. The fourth-order valence-electron chi connectivity index (χ4n) is 5.44. The first kappa shape index (κ1) is 11.9. The Kier molecular flexibility index (Phi) is 2.53. The van der Waals surface area contributed by atoms with E-state index in [9.17, 15) is 0 Å². The fourth-order valence-corrected chi connectivity index (χ4v) is 5.44. The van der Waals surface area contributed by atoms with Gasteiger partial charge in [0.25, 0.3) is 0 Å². The maximum absolute atomic E-state index is 6.61. The summed E-state index contributed by atoms with van der Waals surface area (Å²) in [6.45, 7) is 2.00. The SMILES string of the molecule is Cc1nnc(C(N)C2C3CC4CC(C3)CC2C4)n1C. The monoisotopic (exact) mass is 260 g/mol. The van der Waals surface area contributed by atoms with Gasteiger partial charge < -0.3 is 10.3 Å². The van der Waals surface area contributed by atoms with Crippen LogP contribution in [0, 0.1) is 36.5 Å². The highest BCUT2D eigenvalue weighted by Crippen LogP contribution is 2.58. The molecule has 1 heterocycles. The van der Waals surface area contributed by atoms with E-state index < -0.39 is 0 Å². The van der Waals surface area contributed by atoms with Crippen LogP contribution in [-0.2, 0) is 7.05 Å². The Morgan fingerprint density at radius 3 is 2.11 bits per heavy atom. The summed E-state index contributed by atoms with van der Waals surface area (Å²) in [6, 6.07) is 0.0844. The lowest BCUT2D eigenvalue weighted by Gasteiger charge is -2.55. The van der Waals surface area contributed by atoms with E-state index in [0.717, 1.165) is 35.3 Å². The van der Waals surface area contributed by atoms with Gasteiger partial charge in [0.05, 0.1) is 6.04 Å². The largest absolute Gasteiger partial charge is 0.321 e. The van der Waals surface area contributed by atoms with Crippen molar-refractivity contribution in [3.63, 3.8) is 0 Å². The van der Waals surface area contributed by atoms with Crippen molar-refractivity contribution >= 4 is 0 Å². The Bertz CT molecular complexity index is 464. The van der Waals surface area contributed by atoms with Crippen LogP contribution >= 0.6 is 0 Å². The van der Waals surface area contributed by atoms with Crippen LogP contribution in [0.15, 0.2) is 0 Å². The number of hydrogen-bond acceptors (Lipinski definition) is 3. The second-order valence-electron chi connectivity index (χ2n) is 7.20. The van der Waals surface area contributed by atoms with Gasteiger partial charge >= 0.3 is 0 Å². The summed E-state index contributed by atoms with van der Waals surface area (Å²) < 4.78 is 2.08. The second kappa shape index (κ2) is 4.05. The highest BCUT2D eigenvalue weighted by Gasteiger charge is 2.50. The van der Waals surface area contributed by atoms with Crippen molar-refractivity contribution in [2.75, 3.05) is 0 Å². The van der Waals surface area contributed by atoms with E-state index in [1.165, 1.54) is 32.1 Å². The van der Waals surface area contributed by atoms with Crippen molar-refractivity contribution in [3.05, 3.63) is 11.6 Å². The number of nitrogens with zero attached hydrogens (tertiary/aromatic N) is 3. The lowest BCUT2D eigenvalue weighted by molar-refractivity contribution is -0.0485. The van der Waals surface area contributed by atoms with Gasteiger partial charge in [0, 0.05) is 7.05 Å². The third-order valence-electron chi connectivity index (χ3n) is 6.14. The van der Waals surface area contributed by atoms with E-state index in [0.29, 0.717) is 5.92 Å². The molecule has 4 fully saturated rings. The minimum atomic E-state index is 0.0844. The van der Waals surface area contributed by atoms with Crippen molar-refractivity contribution in [1.29, 1.82) is 0 Å². The first-order valence-corrected chi connectivity index (χ1v) is 7.75. The second-order valence-corrected chi connectivity index (χ2v) is 7.20. The number of rotatable bonds is 2. The van der Waals surface area contributed by atoms with Gasteiger partial charge in [-0.25, -0.2) is 0 Å². The van der Waals surface area contributed by atoms with Gasteiger partial charge in [-0.2, -0.15) is 0 Å². The molecular formula is C15H24N4. The van der Waals surface area contributed by atoms with Gasteiger partial charge in [-0.3, -0.25) is 0 Å². The third kappa shape index (κ3) is 1.69.